The number of ether oxygens (including phenoxy) is 1. The molecular weight excluding hydrogens is 238 g/mol. The molecule has 1 fully saturated rings. The highest BCUT2D eigenvalue weighted by atomic mass is 16.5. The topological polar surface area (TPSA) is 41.5 Å². The number of hydrogen-bond acceptors (Lipinski definition) is 3. The molecule has 3 rings (SSSR count). The lowest BCUT2D eigenvalue weighted by Gasteiger charge is -2.34. The predicted molar refractivity (Wildman–Crippen MR) is 75.1 cm³/mol. The Morgan fingerprint density at radius 2 is 2.00 bits per heavy atom. The fraction of sp³-hybridized carbons (Fsp3) is 0.625. The maximum absolute atomic E-state index is 10.3. The first-order chi connectivity index (χ1) is 9.29. The lowest BCUT2D eigenvalue weighted by Crippen LogP contribution is -2.46. The first-order valence-corrected chi connectivity index (χ1v) is 7.34. The second-order valence-corrected chi connectivity index (χ2v) is 5.78. The molecule has 4 atom stereocenters. The Hall–Kier alpha value is -0.900. The second kappa shape index (κ2) is 5.61. The predicted octanol–water partition coefficient (Wildman–Crippen LogP) is 2.19. The van der Waals surface area contributed by atoms with E-state index in [0.717, 1.165) is 19.3 Å². The first-order valence-electron chi connectivity index (χ1n) is 7.34. The van der Waals surface area contributed by atoms with Crippen molar-refractivity contribution in [3.63, 3.8) is 0 Å². The van der Waals surface area contributed by atoms with Crippen LogP contribution < -0.4 is 5.32 Å². The van der Waals surface area contributed by atoms with Crippen molar-refractivity contribution in [3.05, 3.63) is 35.4 Å². The van der Waals surface area contributed by atoms with E-state index in [-0.39, 0.29) is 18.2 Å². The van der Waals surface area contributed by atoms with Gasteiger partial charge < -0.3 is 15.2 Å². The SMILES string of the molecule is COC1CCCCC1NC1c2ccccc2CC1O. The van der Waals surface area contributed by atoms with Crippen molar-refractivity contribution in [2.75, 3.05) is 7.11 Å². The van der Waals surface area contributed by atoms with Crippen molar-refractivity contribution in [1.82, 2.24) is 5.32 Å². The van der Waals surface area contributed by atoms with E-state index in [2.05, 4.69) is 23.5 Å². The summed E-state index contributed by atoms with van der Waals surface area (Å²) in [5.74, 6) is 0. The zero-order valence-electron chi connectivity index (χ0n) is 11.5. The van der Waals surface area contributed by atoms with Gasteiger partial charge in [-0.15, -0.1) is 0 Å². The van der Waals surface area contributed by atoms with Crippen LogP contribution in [0.4, 0.5) is 0 Å². The zero-order valence-corrected chi connectivity index (χ0v) is 11.5. The Morgan fingerprint density at radius 3 is 2.84 bits per heavy atom. The maximum atomic E-state index is 10.3. The maximum Gasteiger partial charge on any atom is 0.0775 e. The summed E-state index contributed by atoms with van der Waals surface area (Å²) in [6.07, 6.45) is 5.51. The van der Waals surface area contributed by atoms with Gasteiger partial charge in [0.05, 0.1) is 18.2 Å². The van der Waals surface area contributed by atoms with Gasteiger partial charge in [-0.25, -0.2) is 0 Å². The molecule has 0 radical (unpaired) electrons. The van der Waals surface area contributed by atoms with Crippen molar-refractivity contribution >= 4 is 0 Å². The van der Waals surface area contributed by atoms with Crippen LogP contribution in [0.5, 0.6) is 0 Å². The summed E-state index contributed by atoms with van der Waals surface area (Å²) in [5.41, 5.74) is 2.53. The van der Waals surface area contributed by atoms with Crippen molar-refractivity contribution < 1.29 is 9.84 Å². The van der Waals surface area contributed by atoms with Crippen LogP contribution in [0.15, 0.2) is 24.3 Å². The molecule has 1 aromatic rings. The third kappa shape index (κ3) is 2.55. The molecule has 4 unspecified atom stereocenters. The van der Waals surface area contributed by atoms with E-state index < -0.39 is 0 Å². The molecule has 1 saturated carbocycles. The van der Waals surface area contributed by atoms with Gasteiger partial charge in [0, 0.05) is 19.6 Å². The highest BCUT2D eigenvalue weighted by molar-refractivity contribution is 5.36. The van der Waals surface area contributed by atoms with Crippen LogP contribution in [0.1, 0.15) is 42.9 Å². The summed E-state index contributed by atoms with van der Waals surface area (Å²) >= 11 is 0. The normalized spacial score (nSPS) is 34.2. The summed E-state index contributed by atoms with van der Waals surface area (Å²) in [6.45, 7) is 0. The lowest BCUT2D eigenvalue weighted by molar-refractivity contribution is 0.0279. The molecular formula is C16H23NO2. The highest BCUT2D eigenvalue weighted by Crippen LogP contribution is 2.33. The monoisotopic (exact) mass is 261 g/mol. The van der Waals surface area contributed by atoms with Gasteiger partial charge in [0.1, 0.15) is 0 Å². The molecule has 0 aromatic heterocycles. The molecule has 2 aliphatic carbocycles. The van der Waals surface area contributed by atoms with E-state index in [1.165, 1.54) is 24.0 Å². The van der Waals surface area contributed by atoms with Crippen LogP contribution >= 0.6 is 0 Å². The van der Waals surface area contributed by atoms with Crippen molar-refractivity contribution in [3.8, 4) is 0 Å². The standard InChI is InChI=1S/C16H23NO2/c1-19-15-9-5-4-8-13(15)17-16-12-7-3-2-6-11(12)10-14(16)18/h2-3,6-7,13-18H,4-5,8-10H2,1H3. The molecule has 0 amide bonds. The Labute approximate surface area is 115 Å². The third-order valence-electron chi connectivity index (χ3n) is 4.60. The van der Waals surface area contributed by atoms with Gasteiger partial charge in [-0.3, -0.25) is 0 Å². The van der Waals surface area contributed by atoms with Crippen LogP contribution in [-0.4, -0.2) is 30.5 Å². The molecule has 2 N–H and O–H groups in total. The van der Waals surface area contributed by atoms with Gasteiger partial charge in [-0.2, -0.15) is 0 Å². The summed E-state index contributed by atoms with van der Waals surface area (Å²) in [6, 6.07) is 8.79. The minimum Gasteiger partial charge on any atom is -0.391 e. The Bertz CT molecular complexity index is 435. The van der Waals surface area contributed by atoms with Gasteiger partial charge in [-0.1, -0.05) is 37.1 Å². The van der Waals surface area contributed by atoms with Gasteiger partial charge >= 0.3 is 0 Å². The smallest absolute Gasteiger partial charge is 0.0775 e. The number of methoxy groups -OCH3 is 1. The Morgan fingerprint density at radius 1 is 1.21 bits per heavy atom. The highest BCUT2D eigenvalue weighted by Gasteiger charge is 2.35. The average Bonchev–Trinajstić information content (AvgIpc) is 2.76. The first kappa shape index (κ1) is 13.1. The Balaban J connectivity index is 1.75. The average molecular weight is 261 g/mol. The fourth-order valence-electron chi connectivity index (χ4n) is 3.58. The van der Waals surface area contributed by atoms with Crippen LogP contribution in [-0.2, 0) is 11.2 Å². The molecule has 0 bridgehead atoms. The molecule has 1 aromatic carbocycles. The molecule has 104 valence electrons. The molecule has 19 heavy (non-hydrogen) atoms. The zero-order chi connectivity index (χ0) is 13.2. The van der Waals surface area contributed by atoms with Crippen molar-refractivity contribution in [2.24, 2.45) is 0 Å². The molecule has 3 nitrogen and oxygen atoms in total. The number of rotatable bonds is 3. The Kier molecular flexibility index (Phi) is 3.87. The van der Waals surface area contributed by atoms with Crippen LogP contribution in [0.3, 0.4) is 0 Å². The summed E-state index contributed by atoms with van der Waals surface area (Å²) in [7, 11) is 1.80. The number of aliphatic hydroxyl groups is 1. The van der Waals surface area contributed by atoms with E-state index in [9.17, 15) is 5.11 Å². The van der Waals surface area contributed by atoms with Crippen LogP contribution in [0.25, 0.3) is 0 Å². The van der Waals surface area contributed by atoms with Crippen LogP contribution in [0.2, 0.25) is 0 Å². The molecule has 0 aliphatic heterocycles. The van der Waals surface area contributed by atoms with Gasteiger partial charge in [0.15, 0.2) is 0 Å². The summed E-state index contributed by atoms with van der Waals surface area (Å²) in [4.78, 5) is 0. The van der Waals surface area contributed by atoms with Gasteiger partial charge in [-0.05, 0) is 24.0 Å². The number of nitrogens with one attached hydrogen (secondary N) is 1. The molecule has 0 saturated heterocycles. The summed E-state index contributed by atoms with van der Waals surface area (Å²) in [5, 5.41) is 13.9. The van der Waals surface area contributed by atoms with Crippen molar-refractivity contribution in [1.29, 1.82) is 0 Å². The number of hydrogen-bond donors (Lipinski definition) is 2. The van der Waals surface area contributed by atoms with E-state index in [0.29, 0.717) is 6.04 Å². The summed E-state index contributed by atoms with van der Waals surface area (Å²) < 4.78 is 5.59. The molecule has 3 heteroatoms. The quantitative estimate of drug-likeness (QED) is 0.876. The molecule has 0 spiro atoms. The van der Waals surface area contributed by atoms with Crippen molar-refractivity contribution in [2.45, 2.75) is 56.4 Å². The number of benzene rings is 1. The number of fused-ring (bicyclic) bond motifs is 1. The minimum absolute atomic E-state index is 0.0666. The van der Waals surface area contributed by atoms with Crippen LogP contribution in [0, 0.1) is 0 Å². The molecule has 2 aliphatic rings. The van der Waals surface area contributed by atoms with E-state index in [1.807, 2.05) is 6.07 Å². The van der Waals surface area contributed by atoms with E-state index >= 15 is 0 Å². The fourth-order valence-corrected chi connectivity index (χ4v) is 3.58. The van der Waals surface area contributed by atoms with E-state index in [4.69, 9.17) is 4.74 Å². The minimum atomic E-state index is -0.308. The largest absolute Gasteiger partial charge is 0.391 e. The van der Waals surface area contributed by atoms with E-state index in [1.54, 1.807) is 7.11 Å². The third-order valence-corrected chi connectivity index (χ3v) is 4.60. The lowest BCUT2D eigenvalue weighted by atomic mass is 9.91. The van der Waals surface area contributed by atoms with Gasteiger partial charge in [0.2, 0.25) is 0 Å². The number of aliphatic hydroxyl groups excluding tert-OH is 1. The second-order valence-electron chi connectivity index (χ2n) is 5.78. The molecule has 0 heterocycles. The van der Waals surface area contributed by atoms with Gasteiger partial charge in [0.25, 0.3) is 0 Å².